The van der Waals surface area contributed by atoms with Crippen LogP contribution in [-0.2, 0) is 0 Å². The van der Waals surface area contributed by atoms with Crippen LogP contribution in [0.15, 0.2) is 18.6 Å². The van der Waals surface area contributed by atoms with E-state index >= 15 is 0 Å². The van der Waals surface area contributed by atoms with Gasteiger partial charge in [0.25, 0.3) is 5.91 Å². The van der Waals surface area contributed by atoms with Crippen LogP contribution in [0.2, 0.25) is 0 Å². The lowest BCUT2D eigenvalue weighted by molar-refractivity contribution is 0.0754. The fourth-order valence-corrected chi connectivity index (χ4v) is 2.66. The molecule has 3 heterocycles. The van der Waals surface area contributed by atoms with Gasteiger partial charge < -0.3 is 20.3 Å². The molecule has 2 atom stereocenters. The second-order valence-corrected chi connectivity index (χ2v) is 5.95. The van der Waals surface area contributed by atoms with E-state index < -0.39 is 6.10 Å². The Morgan fingerprint density at radius 3 is 3.05 bits per heavy atom. The molecule has 1 amide bonds. The van der Waals surface area contributed by atoms with E-state index in [0.29, 0.717) is 24.0 Å². The Balaban J connectivity index is 1.79. The molecule has 0 unspecified atom stereocenters. The smallest absolute Gasteiger partial charge is 0.253 e. The second-order valence-electron chi connectivity index (χ2n) is 5.95. The van der Waals surface area contributed by atoms with Crippen molar-refractivity contribution in [2.24, 2.45) is 0 Å². The summed E-state index contributed by atoms with van der Waals surface area (Å²) in [4.78, 5) is 21.0. The first kappa shape index (κ1) is 14.9. The number of piperidine rings is 1. The molecule has 0 aliphatic carbocycles. The number of imidazole rings is 1. The Labute approximate surface area is 128 Å². The minimum absolute atomic E-state index is 0.235. The van der Waals surface area contributed by atoms with E-state index in [4.69, 9.17) is 0 Å². The molecule has 0 bridgehead atoms. The first-order valence-corrected chi connectivity index (χ1v) is 7.58. The number of hydrogen-bond acceptors (Lipinski definition) is 5. The molecule has 1 saturated heterocycles. The Morgan fingerprint density at radius 2 is 2.32 bits per heavy atom. The predicted molar refractivity (Wildman–Crippen MR) is 82.7 cm³/mol. The highest BCUT2D eigenvalue weighted by Crippen LogP contribution is 2.16. The van der Waals surface area contributed by atoms with Crippen molar-refractivity contribution in [2.75, 3.05) is 13.1 Å². The van der Waals surface area contributed by atoms with Crippen LogP contribution in [0.3, 0.4) is 0 Å². The molecule has 118 valence electrons. The molecule has 0 saturated carbocycles. The van der Waals surface area contributed by atoms with Crippen molar-refractivity contribution in [3.05, 3.63) is 24.2 Å². The molecule has 0 radical (unpaired) electrons. The zero-order valence-corrected chi connectivity index (χ0v) is 12.8. The number of carbonyl (C=O) groups excluding carboxylic acids is 1. The molecular formula is C15H21N5O2. The zero-order chi connectivity index (χ0) is 15.7. The van der Waals surface area contributed by atoms with Crippen molar-refractivity contribution in [2.45, 2.75) is 38.5 Å². The van der Waals surface area contributed by atoms with Gasteiger partial charge in [-0.2, -0.15) is 0 Å². The van der Waals surface area contributed by atoms with Crippen LogP contribution >= 0.6 is 0 Å². The number of aliphatic hydroxyl groups is 1. The number of aliphatic hydroxyl groups excluding tert-OH is 1. The van der Waals surface area contributed by atoms with Crippen molar-refractivity contribution in [1.82, 2.24) is 25.2 Å². The van der Waals surface area contributed by atoms with E-state index in [2.05, 4.69) is 34.4 Å². The largest absolute Gasteiger partial charge is 0.391 e. The number of amides is 1. The molecule has 3 N–H and O–H groups in total. The Morgan fingerprint density at radius 1 is 1.50 bits per heavy atom. The van der Waals surface area contributed by atoms with E-state index in [9.17, 15) is 9.90 Å². The number of aromatic nitrogens is 3. The third-order valence-corrected chi connectivity index (χ3v) is 3.99. The molecule has 3 rings (SSSR count). The highest BCUT2D eigenvalue weighted by Gasteiger charge is 2.25. The van der Waals surface area contributed by atoms with Crippen LogP contribution in [0.25, 0.3) is 11.2 Å². The maximum Gasteiger partial charge on any atom is 0.253 e. The lowest BCUT2D eigenvalue weighted by atomic mass is 10.0. The Bertz CT molecular complexity index is 682. The summed E-state index contributed by atoms with van der Waals surface area (Å²) in [5.74, 6) is -0.235. The summed E-state index contributed by atoms with van der Waals surface area (Å²) in [5.41, 5.74) is 1.92. The van der Waals surface area contributed by atoms with Gasteiger partial charge in [-0.3, -0.25) is 4.79 Å². The van der Waals surface area contributed by atoms with Crippen LogP contribution in [0.5, 0.6) is 0 Å². The Hall–Kier alpha value is -1.99. The number of rotatable bonds is 3. The van der Waals surface area contributed by atoms with Crippen molar-refractivity contribution in [1.29, 1.82) is 0 Å². The van der Waals surface area contributed by atoms with Gasteiger partial charge in [0.05, 0.1) is 24.0 Å². The van der Waals surface area contributed by atoms with Gasteiger partial charge in [0.1, 0.15) is 5.52 Å². The van der Waals surface area contributed by atoms with Crippen molar-refractivity contribution in [3.63, 3.8) is 0 Å². The monoisotopic (exact) mass is 303 g/mol. The van der Waals surface area contributed by atoms with Gasteiger partial charge in [-0.25, -0.2) is 9.97 Å². The summed E-state index contributed by atoms with van der Waals surface area (Å²) in [6.07, 6.45) is 3.42. The molecular weight excluding hydrogens is 282 g/mol. The first-order valence-electron chi connectivity index (χ1n) is 7.58. The normalized spacial score (nSPS) is 22.2. The van der Waals surface area contributed by atoms with E-state index in [1.807, 2.05) is 4.57 Å². The fraction of sp³-hybridized carbons (Fsp3) is 0.533. The van der Waals surface area contributed by atoms with Gasteiger partial charge in [0, 0.05) is 18.8 Å². The van der Waals surface area contributed by atoms with Crippen molar-refractivity contribution >= 4 is 17.1 Å². The maximum atomic E-state index is 12.3. The van der Waals surface area contributed by atoms with E-state index in [-0.39, 0.29) is 18.0 Å². The SMILES string of the molecule is CC(C)n1cnc2cc(C(=O)N[C@H]3CNCC[C@H]3O)cnc21. The minimum Gasteiger partial charge on any atom is -0.391 e. The van der Waals surface area contributed by atoms with Crippen LogP contribution in [0, 0.1) is 0 Å². The molecule has 1 aliphatic rings. The summed E-state index contributed by atoms with van der Waals surface area (Å²) in [6.45, 7) is 5.46. The highest BCUT2D eigenvalue weighted by molar-refractivity contribution is 5.96. The number of hydrogen-bond donors (Lipinski definition) is 3. The molecule has 22 heavy (non-hydrogen) atoms. The first-order chi connectivity index (χ1) is 10.6. The fourth-order valence-electron chi connectivity index (χ4n) is 2.66. The number of fused-ring (bicyclic) bond motifs is 1. The third kappa shape index (κ3) is 2.82. The van der Waals surface area contributed by atoms with Crippen LogP contribution in [0.4, 0.5) is 0 Å². The maximum absolute atomic E-state index is 12.3. The predicted octanol–water partition coefficient (Wildman–Crippen LogP) is 0.465. The second kappa shape index (κ2) is 6.02. The number of pyridine rings is 1. The molecule has 2 aromatic rings. The van der Waals surface area contributed by atoms with Crippen LogP contribution in [-0.4, -0.2) is 50.8 Å². The van der Waals surface area contributed by atoms with Gasteiger partial charge >= 0.3 is 0 Å². The van der Waals surface area contributed by atoms with Crippen LogP contribution in [0.1, 0.15) is 36.7 Å². The Kier molecular flexibility index (Phi) is 4.08. The summed E-state index contributed by atoms with van der Waals surface area (Å²) in [6, 6.07) is 1.73. The lowest BCUT2D eigenvalue weighted by Crippen LogP contribution is -2.53. The average molecular weight is 303 g/mol. The van der Waals surface area contributed by atoms with Gasteiger partial charge in [-0.05, 0) is 32.9 Å². The van der Waals surface area contributed by atoms with E-state index in [0.717, 1.165) is 12.2 Å². The number of nitrogens with zero attached hydrogens (tertiary/aromatic N) is 3. The standard InChI is InChI=1S/C15H21N5O2/c1-9(2)20-8-18-11-5-10(6-17-14(11)20)15(22)19-12-7-16-4-3-13(12)21/h5-6,8-9,12-13,16,21H,3-4,7H2,1-2H3,(H,19,22)/t12-,13+/m0/s1. The van der Waals surface area contributed by atoms with Gasteiger partial charge in [-0.1, -0.05) is 0 Å². The zero-order valence-electron chi connectivity index (χ0n) is 12.8. The lowest BCUT2D eigenvalue weighted by Gasteiger charge is -2.29. The molecule has 0 spiro atoms. The minimum atomic E-state index is -0.512. The summed E-state index contributed by atoms with van der Waals surface area (Å²) in [5, 5.41) is 15.9. The van der Waals surface area contributed by atoms with Crippen molar-refractivity contribution < 1.29 is 9.90 Å². The van der Waals surface area contributed by atoms with Crippen molar-refractivity contribution in [3.8, 4) is 0 Å². The van der Waals surface area contributed by atoms with E-state index in [1.165, 1.54) is 0 Å². The third-order valence-electron chi connectivity index (χ3n) is 3.99. The molecule has 0 aromatic carbocycles. The summed E-state index contributed by atoms with van der Waals surface area (Å²) < 4.78 is 1.96. The topological polar surface area (TPSA) is 92.1 Å². The molecule has 1 fully saturated rings. The molecule has 1 aliphatic heterocycles. The molecule has 7 heteroatoms. The molecule has 7 nitrogen and oxygen atoms in total. The average Bonchev–Trinajstić information content (AvgIpc) is 2.92. The summed E-state index contributed by atoms with van der Waals surface area (Å²) in [7, 11) is 0. The van der Waals surface area contributed by atoms with E-state index in [1.54, 1.807) is 18.6 Å². The van der Waals surface area contributed by atoms with Crippen LogP contribution < -0.4 is 10.6 Å². The highest BCUT2D eigenvalue weighted by atomic mass is 16.3. The van der Waals surface area contributed by atoms with Gasteiger partial charge in [-0.15, -0.1) is 0 Å². The molecule has 2 aromatic heterocycles. The van der Waals surface area contributed by atoms with Gasteiger partial charge in [0.2, 0.25) is 0 Å². The quantitative estimate of drug-likeness (QED) is 0.766. The van der Waals surface area contributed by atoms with Gasteiger partial charge in [0.15, 0.2) is 5.65 Å². The number of nitrogens with one attached hydrogen (secondary N) is 2. The summed E-state index contributed by atoms with van der Waals surface area (Å²) >= 11 is 0. The number of carbonyl (C=O) groups is 1.